The van der Waals surface area contributed by atoms with Gasteiger partial charge in [-0.15, -0.1) is 0 Å². The minimum absolute atomic E-state index is 0.0620. The second-order valence-electron chi connectivity index (χ2n) is 4.54. The Labute approximate surface area is 113 Å². The number of hydrogen-bond acceptors (Lipinski definition) is 4. The largest absolute Gasteiger partial charge is 0.497 e. The fraction of sp³-hybridized carbons (Fsp3) is 0.500. The Morgan fingerprint density at radius 1 is 1.26 bits per heavy atom. The number of carbonyl (C=O) groups excluding carboxylic acids is 1. The first kappa shape index (κ1) is 13.7. The summed E-state index contributed by atoms with van der Waals surface area (Å²) in [5.74, 6) is 1.67. The van der Waals surface area contributed by atoms with Gasteiger partial charge in [0.15, 0.2) is 0 Å². The van der Waals surface area contributed by atoms with Crippen molar-refractivity contribution in [1.29, 1.82) is 0 Å². The molecule has 0 aliphatic heterocycles. The maximum atomic E-state index is 11.4. The van der Waals surface area contributed by atoms with E-state index in [2.05, 4.69) is 10.6 Å². The number of carbonyl (C=O) groups is 1. The minimum atomic E-state index is 0.0620. The molecule has 0 atom stereocenters. The van der Waals surface area contributed by atoms with Gasteiger partial charge in [-0.3, -0.25) is 4.79 Å². The van der Waals surface area contributed by atoms with Gasteiger partial charge >= 0.3 is 0 Å². The van der Waals surface area contributed by atoms with Crippen molar-refractivity contribution in [3.63, 3.8) is 0 Å². The SMILES string of the molecule is COc1ccc(OCCNCC(=O)NC2CC2)cc1. The summed E-state index contributed by atoms with van der Waals surface area (Å²) in [4.78, 5) is 11.4. The number of benzene rings is 1. The smallest absolute Gasteiger partial charge is 0.234 e. The molecular formula is C14H20N2O3. The molecule has 19 heavy (non-hydrogen) atoms. The Morgan fingerprint density at radius 3 is 2.58 bits per heavy atom. The third-order valence-corrected chi connectivity index (χ3v) is 2.84. The summed E-state index contributed by atoms with van der Waals surface area (Å²) in [5.41, 5.74) is 0. The van der Waals surface area contributed by atoms with Crippen LogP contribution in [0.4, 0.5) is 0 Å². The number of ether oxygens (including phenoxy) is 2. The molecule has 1 amide bonds. The second kappa shape index (κ2) is 6.99. The van der Waals surface area contributed by atoms with Crippen LogP contribution in [-0.4, -0.2) is 38.8 Å². The van der Waals surface area contributed by atoms with Gasteiger partial charge in [-0.1, -0.05) is 0 Å². The summed E-state index contributed by atoms with van der Waals surface area (Å²) in [7, 11) is 1.63. The quantitative estimate of drug-likeness (QED) is 0.686. The lowest BCUT2D eigenvalue weighted by molar-refractivity contribution is -0.120. The van der Waals surface area contributed by atoms with Gasteiger partial charge in [-0.25, -0.2) is 0 Å². The summed E-state index contributed by atoms with van der Waals surface area (Å²) in [6.07, 6.45) is 2.23. The van der Waals surface area contributed by atoms with Crippen molar-refractivity contribution in [1.82, 2.24) is 10.6 Å². The zero-order chi connectivity index (χ0) is 13.5. The second-order valence-corrected chi connectivity index (χ2v) is 4.54. The van der Waals surface area contributed by atoms with Crippen molar-refractivity contribution in [2.24, 2.45) is 0 Å². The molecule has 1 aliphatic rings. The predicted molar refractivity (Wildman–Crippen MR) is 72.5 cm³/mol. The monoisotopic (exact) mass is 264 g/mol. The van der Waals surface area contributed by atoms with Crippen LogP contribution < -0.4 is 20.1 Å². The number of rotatable bonds is 8. The normalized spacial score (nSPS) is 13.9. The van der Waals surface area contributed by atoms with E-state index in [0.29, 0.717) is 25.7 Å². The van der Waals surface area contributed by atoms with Gasteiger partial charge in [0, 0.05) is 12.6 Å². The first-order chi connectivity index (χ1) is 9.28. The van der Waals surface area contributed by atoms with Crippen molar-refractivity contribution in [3.8, 4) is 11.5 Å². The molecule has 1 aliphatic carbocycles. The molecule has 2 rings (SSSR count). The van der Waals surface area contributed by atoms with Crippen LogP contribution in [0.1, 0.15) is 12.8 Å². The highest BCUT2D eigenvalue weighted by molar-refractivity contribution is 5.78. The van der Waals surface area contributed by atoms with E-state index >= 15 is 0 Å². The number of hydrogen-bond donors (Lipinski definition) is 2. The van der Waals surface area contributed by atoms with Gasteiger partial charge < -0.3 is 20.1 Å². The summed E-state index contributed by atoms with van der Waals surface area (Å²) in [6, 6.07) is 7.85. The summed E-state index contributed by atoms with van der Waals surface area (Å²) in [6.45, 7) is 1.52. The highest BCUT2D eigenvalue weighted by Crippen LogP contribution is 2.18. The van der Waals surface area contributed by atoms with Crippen LogP contribution in [0.2, 0.25) is 0 Å². The predicted octanol–water partition coefficient (Wildman–Crippen LogP) is 0.942. The van der Waals surface area contributed by atoms with Gasteiger partial charge in [0.2, 0.25) is 5.91 Å². The van der Waals surface area contributed by atoms with Crippen LogP contribution in [0.25, 0.3) is 0 Å². The van der Waals surface area contributed by atoms with Crippen molar-refractivity contribution >= 4 is 5.91 Å². The molecule has 1 saturated carbocycles. The van der Waals surface area contributed by atoms with E-state index in [1.165, 1.54) is 0 Å². The van der Waals surface area contributed by atoms with Crippen molar-refractivity contribution in [2.45, 2.75) is 18.9 Å². The third-order valence-electron chi connectivity index (χ3n) is 2.84. The first-order valence-corrected chi connectivity index (χ1v) is 6.55. The molecule has 1 aromatic carbocycles. The number of amides is 1. The van der Waals surface area contributed by atoms with E-state index in [1.54, 1.807) is 7.11 Å². The lowest BCUT2D eigenvalue weighted by Gasteiger charge is -2.08. The highest BCUT2D eigenvalue weighted by atomic mass is 16.5. The van der Waals surface area contributed by atoms with Crippen molar-refractivity contribution in [3.05, 3.63) is 24.3 Å². The molecule has 5 nitrogen and oxygen atoms in total. The van der Waals surface area contributed by atoms with Gasteiger partial charge in [-0.2, -0.15) is 0 Å². The Kier molecular flexibility index (Phi) is 5.03. The van der Waals surface area contributed by atoms with E-state index in [1.807, 2.05) is 24.3 Å². The van der Waals surface area contributed by atoms with Crippen LogP contribution >= 0.6 is 0 Å². The van der Waals surface area contributed by atoms with Crippen LogP contribution in [0.3, 0.4) is 0 Å². The third kappa shape index (κ3) is 5.18. The fourth-order valence-corrected chi connectivity index (χ4v) is 1.62. The lowest BCUT2D eigenvalue weighted by Crippen LogP contribution is -2.36. The van der Waals surface area contributed by atoms with Gasteiger partial charge in [0.25, 0.3) is 0 Å². The van der Waals surface area contributed by atoms with Gasteiger partial charge in [0.1, 0.15) is 18.1 Å². The van der Waals surface area contributed by atoms with E-state index in [0.717, 1.165) is 24.3 Å². The van der Waals surface area contributed by atoms with Crippen LogP contribution in [0.15, 0.2) is 24.3 Å². The van der Waals surface area contributed by atoms with Crippen molar-refractivity contribution < 1.29 is 14.3 Å². The van der Waals surface area contributed by atoms with E-state index in [-0.39, 0.29) is 5.91 Å². The fourth-order valence-electron chi connectivity index (χ4n) is 1.62. The molecule has 0 heterocycles. The number of nitrogens with one attached hydrogen (secondary N) is 2. The average molecular weight is 264 g/mol. The molecule has 0 bridgehead atoms. The molecule has 0 radical (unpaired) electrons. The van der Waals surface area contributed by atoms with Crippen LogP contribution in [-0.2, 0) is 4.79 Å². The highest BCUT2D eigenvalue weighted by Gasteiger charge is 2.22. The van der Waals surface area contributed by atoms with E-state index < -0.39 is 0 Å². The Morgan fingerprint density at radius 2 is 1.95 bits per heavy atom. The van der Waals surface area contributed by atoms with Crippen molar-refractivity contribution in [2.75, 3.05) is 26.8 Å². The Hall–Kier alpha value is -1.75. The first-order valence-electron chi connectivity index (χ1n) is 6.55. The zero-order valence-electron chi connectivity index (χ0n) is 11.1. The number of methoxy groups -OCH3 is 1. The Balaban J connectivity index is 1.54. The molecule has 0 spiro atoms. The molecule has 1 aromatic rings. The molecule has 104 valence electrons. The van der Waals surface area contributed by atoms with Crippen LogP contribution in [0.5, 0.6) is 11.5 Å². The zero-order valence-corrected chi connectivity index (χ0v) is 11.1. The minimum Gasteiger partial charge on any atom is -0.497 e. The van der Waals surface area contributed by atoms with E-state index in [4.69, 9.17) is 9.47 Å². The van der Waals surface area contributed by atoms with Gasteiger partial charge in [0.05, 0.1) is 13.7 Å². The Bertz CT molecular complexity index is 402. The summed E-state index contributed by atoms with van der Waals surface area (Å²) >= 11 is 0. The molecule has 1 fully saturated rings. The molecule has 0 unspecified atom stereocenters. The maximum absolute atomic E-state index is 11.4. The topological polar surface area (TPSA) is 59.6 Å². The summed E-state index contributed by atoms with van der Waals surface area (Å²) < 4.78 is 10.6. The molecule has 0 aromatic heterocycles. The molecule has 5 heteroatoms. The lowest BCUT2D eigenvalue weighted by atomic mass is 10.3. The van der Waals surface area contributed by atoms with E-state index in [9.17, 15) is 4.79 Å². The van der Waals surface area contributed by atoms with Gasteiger partial charge in [-0.05, 0) is 37.1 Å². The standard InChI is InChI=1S/C14H20N2O3/c1-18-12-4-6-13(7-5-12)19-9-8-15-10-14(17)16-11-2-3-11/h4-7,11,15H,2-3,8-10H2,1H3,(H,16,17). The maximum Gasteiger partial charge on any atom is 0.234 e. The molecule has 2 N–H and O–H groups in total. The molecular weight excluding hydrogens is 244 g/mol. The van der Waals surface area contributed by atoms with Crippen LogP contribution in [0, 0.1) is 0 Å². The molecule has 0 saturated heterocycles. The average Bonchev–Trinajstić information content (AvgIpc) is 3.23. The summed E-state index contributed by atoms with van der Waals surface area (Å²) in [5, 5.41) is 5.97.